The lowest BCUT2D eigenvalue weighted by Gasteiger charge is -2.23. The predicted molar refractivity (Wildman–Crippen MR) is 127 cm³/mol. The van der Waals surface area contributed by atoms with Crippen LogP contribution in [0.3, 0.4) is 0 Å². The topological polar surface area (TPSA) is 119 Å². The van der Waals surface area contributed by atoms with Gasteiger partial charge in [0.2, 0.25) is 0 Å². The molecule has 2 aromatic rings. The summed E-state index contributed by atoms with van der Waals surface area (Å²) in [5, 5.41) is 20.9. The Labute approximate surface area is 207 Å². The number of carbonyl (C=O) groups excluding carboxylic acids is 3. The molecule has 2 aliphatic heterocycles. The first-order valence-electron chi connectivity index (χ1n) is 12.1. The number of anilines is 1. The van der Waals surface area contributed by atoms with Gasteiger partial charge in [-0.3, -0.25) is 9.59 Å². The number of halogens is 1. The van der Waals surface area contributed by atoms with Crippen molar-refractivity contribution in [1.82, 2.24) is 10.2 Å². The van der Waals surface area contributed by atoms with E-state index in [1.807, 2.05) is 6.07 Å². The van der Waals surface area contributed by atoms with Gasteiger partial charge in [0.05, 0.1) is 18.9 Å². The molecule has 36 heavy (non-hydrogen) atoms. The van der Waals surface area contributed by atoms with Crippen LogP contribution in [0.5, 0.6) is 5.75 Å². The Kier molecular flexibility index (Phi) is 6.40. The number of hydrogen-bond donors (Lipinski definition) is 3. The predicted octanol–water partition coefficient (Wildman–Crippen LogP) is 2.22. The van der Waals surface area contributed by atoms with E-state index in [1.54, 1.807) is 37.3 Å². The number of hydrogen-bond acceptors (Lipinski definition) is 6. The molecule has 2 unspecified atom stereocenters. The molecule has 0 aromatic heterocycles. The monoisotopic (exact) mass is 497 g/mol. The molecular formula is C26H28FN3O6. The zero-order valence-corrected chi connectivity index (χ0v) is 19.8. The zero-order chi connectivity index (χ0) is 25.6. The molecule has 190 valence electrons. The van der Waals surface area contributed by atoms with Gasteiger partial charge in [-0.2, -0.15) is 0 Å². The minimum absolute atomic E-state index is 0.155. The van der Waals surface area contributed by atoms with Crippen molar-refractivity contribution in [3.05, 3.63) is 59.4 Å². The molecule has 0 spiro atoms. The molecule has 3 N–H and O–H groups in total. The SMILES string of the molecule is CC1CC(N2C(=O)N[C@H](c3ccc(OC(CO)CO)cc3)C2=O)C(=O)N1c1ccc(C2CC2)cc1F. The highest BCUT2D eigenvalue weighted by Crippen LogP contribution is 2.42. The number of amides is 4. The van der Waals surface area contributed by atoms with E-state index in [1.165, 1.54) is 11.0 Å². The molecule has 10 heteroatoms. The van der Waals surface area contributed by atoms with Crippen LogP contribution in [0.2, 0.25) is 0 Å². The van der Waals surface area contributed by atoms with E-state index >= 15 is 0 Å². The highest BCUT2D eigenvalue weighted by molar-refractivity contribution is 6.11. The fourth-order valence-electron chi connectivity index (χ4n) is 4.95. The summed E-state index contributed by atoms with van der Waals surface area (Å²) >= 11 is 0. The van der Waals surface area contributed by atoms with Crippen LogP contribution in [-0.4, -0.2) is 64.4 Å². The number of aliphatic hydroxyl groups excluding tert-OH is 2. The summed E-state index contributed by atoms with van der Waals surface area (Å²) in [6.45, 7) is 1.06. The van der Waals surface area contributed by atoms with Crippen molar-refractivity contribution in [3.8, 4) is 5.75 Å². The van der Waals surface area contributed by atoms with E-state index in [0.29, 0.717) is 17.2 Å². The van der Waals surface area contributed by atoms with Gasteiger partial charge in [0.1, 0.15) is 29.8 Å². The number of rotatable bonds is 8. The fraction of sp³-hybridized carbons (Fsp3) is 0.423. The molecule has 0 bridgehead atoms. The summed E-state index contributed by atoms with van der Waals surface area (Å²) in [6.07, 6.45) is 1.50. The fourth-order valence-corrected chi connectivity index (χ4v) is 4.95. The lowest BCUT2D eigenvalue weighted by Crippen LogP contribution is -2.46. The normalized spacial score (nSPS) is 24.1. The van der Waals surface area contributed by atoms with Crippen LogP contribution < -0.4 is 15.0 Å². The minimum Gasteiger partial charge on any atom is -0.486 e. The summed E-state index contributed by atoms with van der Waals surface area (Å²) in [5.41, 5.74) is 1.57. The highest BCUT2D eigenvalue weighted by atomic mass is 19.1. The number of aliphatic hydroxyl groups is 2. The van der Waals surface area contributed by atoms with Gasteiger partial charge in [-0.25, -0.2) is 14.1 Å². The number of ether oxygens (including phenoxy) is 1. The van der Waals surface area contributed by atoms with Crippen LogP contribution in [0.4, 0.5) is 14.9 Å². The average Bonchev–Trinajstić information content (AvgIpc) is 3.62. The molecule has 2 heterocycles. The molecule has 3 fully saturated rings. The second-order valence-corrected chi connectivity index (χ2v) is 9.56. The van der Waals surface area contributed by atoms with Gasteiger partial charge in [0.25, 0.3) is 11.8 Å². The number of imide groups is 1. The summed E-state index contributed by atoms with van der Waals surface area (Å²) in [5.74, 6) is -0.781. The molecule has 4 amide bonds. The third-order valence-corrected chi connectivity index (χ3v) is 7.01. The van der Waals surface area contributed by atoms with Crippen LogP contribution in [0.25, 0.3) is 0 Å². The van der Waals surface area contributed by atoms with Crippen molar-refractivity contribution in [2.75, 3.05) is 18.1 Å². The maximum atomic E-state index is 14.9. The van der Waals surface area contributed by atoms with E-state index in [4.69, 9.17) is 14.9 Å². The smallest absolute Gasteiger partial charge is 0.325 e. The molecule has 3 aliphatic rings. The number of nitrogens with one attached hydrogen (secondary N) is 1. The van der Waals surface area contributed by atoms with Gasteiger partial charge < -0.3 is 25.2 Å². The quantitative estimate of drug-likeness (QED) is 0.481. The van der Waals surface area contributed by atoms with Crippen molar-refractivity contribution in [2.24, 2.45) is 0 Å². The van der Waals surface area contributed by atoms with Crippen molar-refractivity contribution in [1.29, 1.82) is 0 Å². The van der Waals surface area contributed by atoms with Crippen LogP contribution in [0.15, 0.2) is 42.5 Å². The Morgan fingerprint density at radius 2 is 1.67 bits per heavy atom. The van der Waals surface area contributed by atoms with Crippen molar-refractivity contribution in [3.63, 3.8) is 0 Å². The zero-order valence-electron chi connectivity index (χ0n) is 19.8. The first-order chi connectivity index (χ1) is 17.3. The van der Waals surface area contributed by atoms with Crippen LogP contribution in [0.1, 0.15) is 49.3 Å². The van der Waals surface area contributed by atoms with Crippen LogP contribution >= 0.6 is 0 Å². The first kappa shape index (κ1) is 24.2. The first-order valence-corrected chi connectivity index (χ1v) is 12.1. The van der Waals surface area contributed by atoms with E-state index in [0.717, 1.165) is 23.3 Å². The largest absolute Gasteiger partial charge is 0.486 e. The third-order valence-electron chi connectivity index (χ3n) is 7.01. The Balaban J connectivity index is 1.32. The van der Waals surface area contributed by atoms with E-state index < -0.39 is 47.9 Å². The summed E-state index contributed by atoms with van der Waals surface area (Å²) in [7, 11) is 0. The van der Waals surface area contributed by atoms with E-state index in [-0.39, 0.29) is 25.3 Å². The van der Waals surface area contributed by atoms with Crippen molar-refractivity contribution >= 4 is 23.5 Å². The highest BCUT2D eigenvalue weighted by Gasteiger charge is 2.51. The van der Waals surface area contributed by atoms with Crippen LogP contribution in [0, 0.1) is 5.82 Å². The lowest BCUT2D eigenvalue weighted by molar-refractivity contribution is -0.133. The standard InChI is InChI=1S/C26H28FN3O6/c1-14-10-22(24(33)29(14)21-9-6-17(11-20(21)27)15-2-3-15)30-25(34)23(28-26(30)35)16-4-7-18(8-5-16)36-19(12-31)13-32/h4-9,11,14-15,19,22-23,31-32H,2-3,10,12-13H2,1H3,(H,28,35)/t14?,22?,23-/m1/s1. The van der Waals surface area contributed by atoms with Gasteiger partial charge in [0, 0.05) is 6.04 Å². The maximum absolute atomic E-state index is 14.9. The van der Waals surface area contributed by atoms with Gasteiger partial charge in [-0.05, 0) is 67.5 Å². The lowest BCUT2D eigenvalue weighted by atomic mass is 10.1. The van der Waals surface area contributed by atoms with Gasteiger partial charge in [0.15, 0.2) is 0 Å². The van der Waals surface area contributed by atoms with Crippen molar-refractivity contribution < 1.29 is 33.7 Å². The maximum Gasteiger partial charge on any atom is 0.325 e. The Morgan fingerprint density at radius 1 is 1.00 bits per heavy atom. The van der Waals surface area contributed by atoms with Gasteiger partial charge in [-0.1, -0.05) is 18.2 Å². The molecule has 0 radical (unpaired) electrons. The molecule has 3 atom stereocenters. The second kappa shape index (κ2) is 9.51. The molecule has 2 saturated heterocycles. The second-order valence-electron chi connectivity index (χ2n) is 9.56. The molecule has 1 aliphatic carbocycles. The Hall–Kier alpha value is -3.50. The molecular weight excluding hydrogens is 469 g/mol. The Morgan fingerprint density at radius 3 is 2.28 bits per heavy atom. The van der Waals surface area contributed by atoms with E-state index in [2.05, 4.69) is 5.32 Å². The van der Waals surface area contributed by atoms with Crippen molar-refractivity contribution in [2.45, 2.75) is 56.3 Å². The molecule has 2 aromatic carbocycles. The minimum atomic E-state index is -1.03. The van der Waals surface area contributed by atoms with Gasteiger partial charge in [-0.15, -0.1) is 0 Å². The molecule has 9 nitrogen and oxygen atoms in total. The molecule has 1 saturated carbocycles. The third kappa shape index (κ3) is 4.31. The number of urea groups is 1. The van der Waals surface area contributed by atoms with E-state index in [9.17, 15) is 18.8 Å². The summed E-state index contributed by atoms with van der Waals surface area (Å²) < 4.78 is 20.4. The number of carbonyl (C=O) groups is 3. The van der Waals surface area contributed by atoms with Gasteiger partial charge >= 0.3 is 6.03 Å². The molecule has 5 rings (SSSR count). The summed E-state index contributed by atoms with van der Waals surface area (Å²) in [4.78, 5) is 41.7. The summed E-state index contributed by atoms with van der Waals surface area (Å²) in [6, 6.07) is 8.14. The Bertz CT molecular complexity index is 1180. The number of nitrogens with zero attached hydrogens (tertiary/aromatic N) is 2. The number of benzene rings is 2. The van der Waals surface area contributed by atoms with Crippen LogP contribution in [-0.2, 0) is 9.59 Å². The average molecular weight is 498 g/mol.